The van der Waals surface area contributed by atoms with Crippen molar-refractivity contribution in [2.75, 3.05) is 26.8 Å². The Bertz CT molecular complexity index is 350. The first-order valence-corrected chi connectivity index (χ1v) is 7.03. The van der Waals surface area contributed by atoms with E-state index in [0.717, 1.165) is 12.8 Å². The minimum Gasteiger partial charge on any atom is -0.480 e. The molecule has 1 heterocycles. The molecule has 0 aliphatic carbocycles. The first kappa shape index (κ1) is 16.8. The summed E-state index contributed by atoms with van der Waals surface area (Å²) in [5.41, 5.74) is -0.525. The number of urea groups is 1. The highest BCUT2D eigenvalue weighted by Crippen LogP contribution is 2.21. The van der Waals surface area contributed by atoms with Crippen LogP contribution in [0.15, 0.2) is 0 Å². The molecular weight excluding hydrogens is 260 g/mol. The molecule has 116 valence electrons. The van der Waals surface area contributed by atoms with E-state index < -0.39 is 17.4 Å². The van der Waals surface area contributed by atoms with E-state index in [1.54, 1.807) is 32.8 Å². The van der Waals surface area contributed by atoms with Crippen molar-refractivity contribution in [3.8, 4) is 0 Å². The van der Waals surface area contributed by atoms with Gasteiger partial charge in [0.25, 0.3) is 0 Å². The van der Waals surface area contributed by atoms with Crippen molar-refractivity contribution >= 4 is 12.0 Å². The molecule has 1 saturated heterocycles. The lowest BCUT2D eigenvalue weighted by atomic mass is 9.87. The first-order valence-electron chi connectivity index (χ1n) is 7.03. The van der Waals surface area contributed by atoms with Gasteiger partial charge in [-0.25, -0.2) is 9.59 Å². The Hall–Kier alpha value is -1.30. The molecule has 0 bridgehead atoms. The zero-order chi connectivity index (χ0) is 15.3. The predicted molar refractivity (Wildman–Crippen MR) is 75.6 cm³/mol. The maximum absolute atomic E-state index is 12.2. The number of methoxy groups -OCH3 is 1. The van der Waals surface area contributed by atoms with Crippen molar-refractivity contribution in [1.29, 1.82) is 0 Å². The van der Waals surface area contributed by atoms with Gasteiger partial charge in [-0.15, -0.1) is 0 Å². The largest absolute Gasteiger partial charge is 0.480 e. The lowest BCUT2D eigenvalue weighted by molar-refractivity contribution is -0.142. The van der Waals surface area contributed by atoms with E-state index in [4.69, 9.17) is 4.74 Å². The summed E-state index contributed by atoms with van der Waals surface area (Å²) in [5, 5.41) is 11.9. The molecule has 2 amide bonds. The molecule has 1 fully saturated rings. The van der Waals surface area contributed by atoms with E-state index in [0.29, 0.717) is 25.6 Å². The molecular formula is C14H26N2O4. The van der Waals surface area contributed by atoms with Gasteiger partial charge in [-0.1, -0.05) is 20.8 Å². The van der Waals surface area contributed by atoms with Crippen LogP contribution >= 0.6 is 0 Å². The first-order chi connectivity index (χ1) is 9.25. The molecule has 1 rings (SSSR count). The highest BCUT2D eigenvalue weighted by Gasteiger charge is 2.34. The molecule has 0 spiro atoms. The SMILES string of the molecule is COCC1CCCN(C(=O)NC(C(=O)O)C(C)(C)C)C1. The lowest BCUT2D eigenvalue weighted by Gasteiger charge is -2.35. The number of aliphatic carboxylic acids is 1. The molecule has 2 N–H and O–H groups in total. The van der Waals surface area contributed by atoms with Crippen molar-refractivity contribution in [3.63, 3.8) is 0 Å². The topological polar surface area (TPSA) is 78.9 Å². The van der Waals surface area contributed by atoms with Crippen LogP contribution < -0.4 is 5.32 Å². The van der Waals surface area contributed by atoms with Crippen molar-refractivity contribution < 1.29 is 19.4 Å². The standard InChI is InChI=1S/C14H26N2O4/c1-14(2,3)11(12(17)18)15-13(19)16-7-5-6-10(8-16)9-20-4/h10-11H,5-9H2,1-4H3,(H,15,19)(H,17,18). The van der Waals surface area contributed by atoms with Gasteiger partial charge in [0.15, 0.2) is 0 Å². The molecule has 0 saturated carbocycles. The molecule has 6 heteroatoms. The van der Waals surface area contributed by atoms with Gasteiger partial charge in [0.1, 0.15) is 6.04 Å². The van der Waals surface area contributed by atoms with Gasteiger partial charge in [-0.05, 0) is 18.3 Å². The van der Waals surface area contributed by atoms with Gasteiger partial charge in [0.05, 0.1) is 6.61 Å². The summed E-state index contributed by atoms with van der Waals surface area (Å²) >= 11 is 0. The molecule has 1 aliphatic rings. The number of hydrogen-bond acceptors (Lipinski definition) is 3. The van der Waals surface area contributed by atoms with Crippen LogP contribution in [0, 0.1) is 11.3 Å². The lowest BCUT2D eigenvalue weighted by Crippen LogP contribution is -2.55. The number of piperidine rings is 1. The van der Waals surface area contributed by atoms with E-state index in [-0.39, 0.29) is 6.03 Å². The summed E-state index contributed by atoms with van der Waals surface area (Å²) < 4.78 is 5.13. The molecule has 2 atom stereocenters. The molecule has 1 aliphatic heterocycles. The van der Waals surface area contributed by atoms with Gasteiger partial charge in [0.2, 0.25) is 0 Å². The van der Waals surface area contributed by atoms with Gasteiger partial charge < -0.3 is 20.1 Å². The average Bonchev–Trinajstić information content (AvgIpc) is 2.34. The number of nitrogens with zero attached hydrogens (tertiary/aromatic N) is 1. The molecule has 6 nitrogen and oxygen atoms in total. The van der Waals surface area contributed by atoms with E-state index in [2.05, 4.69) is 5.32 Å². The number of carbonyl (C=O) groups is 2. The normalized spacial score (nSPS) is 21.4. The Balaban J connectivity index is 2.62. The van der Waals surface area contributed by atoms with Gasteiger partial charge >= 0.3 is 12.0 Å². The zero-order valence-corrected chi connectivity index (χ0v) is 12.8. The van der Waals surface area contributed by atoms with E-state index in [1.165, 1.54) is 0 Å². The number of amides is 2. The molecule has 0 aromatic carbocycles. The number of hydrogen-bond donors (Lipinski definition) is 2. The minimum atomic E-state index is -1.00. The van der Waals surface area contributed by atoms with Crippen LogP contribution in [0.1, 0.15) is 33.6 Å². The summed E-state index contributed by atoms with van der Waals surface area (Å²) in [6.45, 7) is 7.33. The number of carboxylic acid groups (broad SMARTS) is 1. The van der Waals surface area contributed by atoms with E-state index >= 15 is 0 Å². The summed E-state index contributed by atoms with van der Waals surface area (Å²) in [6.07, 6.45) is 1.97. The molecule has 0 radical (unpaired) electrons. The van der Waals surface area contributed by atoms with Crippen LogP contribution in [0.3, 0.4) is 0 Å². The van der Waals surface area contributed by atoms with E-state index in [9.17, 15) is 14.7 Å². The fourth-order valence-electron chi connectivity index (χ4n) is 2.48. The smallest absolute Gasteiger partial charge is 0.326 e. The van der Waals surface area contributed by atoms with Gasteiger partial charge in [-0.3, -0.25) is 0 Å². The predicted octanol–water partition coefficient (Wildman–Crippen LogP) is 1.55. The number of carboxylic acids is 1. The number of nitrogens with one attached hydrogen (secondary N) is 1. The van der Waals surface area contributed by atoms with Crippen molar-refractivity contribution in [3.05, 3.63) is 0 Å². The second-order valence-corrected chi connectivity index (χ2v) is 6.50. The second-order valence-electron chi connectivity index (χ2n) is 6.50. The fraction of sp³-hybridized carbons (Fsp3) is 0.857. The number of carbonyl (C=O) groups excluding carboxylic acids is 1. The highest BCUT2D eigenvalue weighted by atomic mass is 16.5. The van der Waals surface area contributed by atoms with Crippen LogP contribution in [0.5, 0.6) is 0 Å². The monoisotopic (exact) mass is 286 g/mol. The summed E-state index contributed by atoms with van der Waals surface area (Å²) in [7, 11) is 1.65. The third-order valence-electron chi connectivity index (χ3n) is 3.59. The fourth-order valence-corrected chi connectivity index (χ4v) is 2.48. The third kappa shape index (κ3) is 4.67. The van der Waals surface area contributed by atoms with Crippen LogP contribution in [0.25, 0.3) is 0 Å². The summed E-state index contributed by atoms with van der Waals surface area (Å²) in [6, 6.07) is -1.19. The Morgan fingerprint density at radius 2 is 2.10 bits per heavy atom. The van der Waals surface area contributed by atoms with Crippen LogP contribution in [0.4, 0.5) is 4.79 Å². The number of likely N-dealkylation sites (tertiary alicyclic amines) is 1. The zero-order valence-electron chi connectivity index (χ0n) is 12.8. The van der Waals surface area contributed by atoms with Gasteiger partial charge in [-0.2, -0.15) is 0 Å². The summed E-state index contributed by atoms with van der Waals surface area (Å²) in [5.74, 6) is -0.672. The molecule has 0 aromatic rings. The van der Waals surface area contributed by atoms with Crippen LogP contribution in [-0.4, -0.2) is 54.9 Å². The Labute approximate surface area is 120 Å². The average molecular weight is 286 g/mol. The molecule has 0 aromatic heterocycles. The molecule has 20 heavy (non-hydrogen) atoms. The van der Waals surface area contributed by atoms with E-state index in [1.807, 2.05) is 0 Å². The highest BCUT2D eigenvalue weighted by molar-refractivity contribution is 5.83. The van der Waals surface area contributed by atoms with Crippen molar-refractivity contribution in [1.82, 2.24) is 10.2 Å². The quantitative estimate of drug-likeness (QED) is 0.822. The second kappa shape index (κ2) is 6.92. The van der Waals surface area contributed by atoms with Crippen LogP contribution in [-0.2, 0) is 9.53 Å². The Morgan fingerprint density at radius 3 is 2.60 bits per heavy atom. The molecule has 2 unspecified atom stereocenters. The Kier molecular flexibility index (Phi) is 5.80. The van der Waals surface area contributed by atoms with Crippen molar-refractivity contribution in [2.24, 2.45) is 11.3 Å². The van der Waals surface area contributed by atoms with Crippen molar-refractivity contribution in [2.45, 2.75) is 39.7 Å². The third-order valence-corrected chi connectivity index (χ3v) is 3.59. The van der Waals surface area contributed by atoms with Gasteiger partial charge in [0, 0.05) is 26.1 Å². The number of rotatable bonds is 4. The minimum absolute atomic E-state index is 0.298. The number of ether oxygens (including phenoxy) is 1. The van der Waals surface area contributed by atoms with Crippen LogP contribution in [0.2, 0.25) is 0 Å². The maximum Gasteiger partial charge on any atom is 0.326 e. The Morgan fingerprint density at radius 1 is 1.45 bits per heavy atom. The summed E-state index contributed by atoms with van der Waals surface area (Å²) in [4.78, 5) is 25.2. The maximum atomic E-state index is 12.2.